The Balaban J connectivity index is 1.64. The normalized spacial score (nSPS) is 17.6. The van der Waals surface area contributed by atoms with Gasteiger partial charge in [-0.05, 0) is 40.7 Å². The van der Waals surface area contributed by atoms with E-state index in [1.165, 1.54) is 45.6 Å². The molecule has 0 amide bonds. The Morgan fingerprint density at radius 2 is 0.826 bits per heavy atom. The van der Waals surface area contributed by atoms with Gasteiger partial charge in [-0.15, -0.1) is 0 Å². The van der Waals surface area contributed by atoms with Gasteiger partial charge in [0, 0.05) is 17.8 Å². The second-order valence-corrected chi connectivity index (χ2v) is 6.03. The summed E-state index contributed by atoms with van der Waals surface area (Å²) in [6, 6.07) is 28.1. The van der Waals surface area contributed by atoms with E-state index in [0.29, 0.717) is 0 Å². The molecule has 0 heterocycles. The van der Waals surface area contributed by atoms with Gasteiger partial charge in [0.15, 0.2) is 0 Å². The Bertz CT molecular complexity index is 793. The van der Waals surface area contributed by atoms with Crippen molar-refractivity contribution in [3.05, 3.63) is 126 Å². The molecule has 107 valence electrons. The predicted molar refractivity (Wildman–Crippen MR) is 94.0 cm³/mol. The minimum atomic E-state index is 1.27. The van der Waals surface area contributed by atoms with Gasteiger partial charge in [-0.1, -0.05) is 78.9 Å². The van der Waals surface area contributed by atoms with Gasteiger partial charge in [-0.3, -0.25) is 0 Å². The molecular formula is C23H15. The zero-order valence-corrected chi connectivity index (χ0v) is 12.7. The van der Waals surface area contributed by atoms with Crippen LogP contribution >= 0.6 is 0 Å². The van der Waals surface area contributed by atoms with Crippen molar-refractivity contribution in [3.8, 4) is 11.1 Å². The summed E-state index contributed by atoms with van der Waals surface area (Å²) >= 11 is 0. The van der Waals surface area contributed by atoms with Gasteiger partial charge >= 0.3 is 0 Å². The molecule has 0 heteroatoms. The van der Waals surface area contributed by atoms with E-state index in [-0.39, 0.29) is 0 Å². The molecular weight excluding hydrogens is 276 g/mol. The Labute approximate surface area is 137 Å². The maximum Gasteiger partial charge on any atom is 0.0218 e. The summed E-state index contributed by atoms with van der Waals surface area (Å²) in [7, 11) is 0. The fraction of sp³-hybridized carbons (Fsp3) is 0. The summed E-state index contributed by atoms with van der Waals surface area (Å²) in [5.74, 6) is 3.98. The Hall–Kier alpha value is -2.34. The van der Waals surface area contributed by atoms with Gasteiger partial charge in [0.05, 0.1) is 0 Å². The molecule has 0 unspecified atom stereocenters. The van der Waals surface area contributed by atoms with Gasteiger partial charge in [0.2, 0.25) is 0 Å². The van der Waals surface area contributed by atoms with Crippen molar-refractivity contribution >= 4 is 0 Å². The first kappa shape index (κ1) is 13.1. The van der Waals surface area contributed by atoms with Crippen molar-refractivity contribution in [3.63, 3.8) is 0 Å². The fourth-order valence-corrected chi connectivity index (χ4v) is 3.66. The molecule has 0 bridgehead atoms. The van der Waals surface area contributed by atoms with Crippen LogP contribution in [-0.2, 0) is 0 Å². The first-order valence-electron chi connectivity index (χ1n) is 7.97. The van der Waals surface area contributed by atoms with Crippen LogP contribution in [-0.4, -0.2) is 0 Å². The van der Waals surface area contributed by atoms with E-state index in [0.717, 1.165) is 0 Å². The zero-order valence-electron chi connectivity index (χ0n) is 12.7. The number of benzene rings is 3. The molecule has 23 heavy (non-hydrogen) atoms. The lowest BCUT2D eigenvalue weighted by Crippen LogP contribution is -2.14. The zero-order chi connectivity index (χ0) is 15.2. The second kappa shape index (κ2) is 5.09. The van der Waals surface area contributed by atoms with Crippen LogP contribution in [0.3, 0.4) is 0 Å². The van der Waals surface area contributed by atoms with Gasteiger partial charge in [-0.2, -0.15) is 0 Å². The Morgan fingerprint density at radius 3 is 1.35 bits per heavy atom. The largest absolute Gasteiger partial charge is 0.0622 e. The highest BCUT2D eigenvalue weighted by Crippen LogP contribution is 2.55. The van der Waals surface area contributed by atoms with Gasteiger partial charge in [0.1, 0.15) is 0 Å². The third kappa shape index (κ3) is 1.98. The quantitative estimate of drug-likeness (QED) is 0.574. The second-order valence-electron chi connectivity index (χ2n) is 6.03. The summed E-state index contributed by atoms with van der Waals surface area (Å²) < 4.78 is 0. The van der Waals surface area contributed by atoms with Crippen molar-refractivity contribution in [2.45, 2.75) is 0 Å². The lowest BCUT2D eigenvalue weighted by atomic mass is 9.73. The molecule has 0 N–H and O–H groups in total. The lowest BCUT2D eigenvalue weighted by molar-refractivity contribution is 1.12. The summed E-state index contributed by atoms with van der Waals surface area (Å²) in [6.07, 6.45) is 4.67. The molecule has 3 aromatic rings. The highest BCUT2D eigenvalue weighted by atomic mass is 14.4. The van der Waals surface area contributed by atoms with Crippen LogP contribution in [0.15, 0.2) is 78.9 Å². The molecule has 0 aliphatic heterocycles. The smallest absolute Gasteiger partial charge is 0.0218 e. The summed E-state index contributed by atoms with van der Waals surface area (Å²) in [4.78, 5) is 0. The third-order valence-electron chi connectivity index (χ3n) is 4.72. The van der Waals surface area contributed by atoms with Crippen molar-refractivity contribution in [1.82, 2.24) is 0 Å². The van der Waals surface area contributed by atoms with Gasteiger partial charge in [0.25, 0.3) is 0 Å². The highest BCUT2D eigenvalue weighted by molar-refractivity contribution is 5.87. The third-order valence-corrected chi connectivity index (χ3v) is 4.72. The topological polar surface area (TPSA) is 0 Å². The van der Waals surface area contributed by atoms with Crippen LogP contribution in [0.1, 0.15) is 16.7 Å². The minimum absolute atomic E-state index is 1.27. The summed E-state index contributed by atoms with van der Waals surface area (Å²) in [6.45, 7) is 0. The molecule has 0 aromatic heterocycles. The Morgan fingerprint density at radius 1 is 0.391 bits per heavy atom. The van der Waals surface area contributed by atoms with Crippen molar-refractivity contribution < 1.29 is 0 Å². The maximum atomic E-state index is 2.33. The molecule has 1 saturated carbocycles. The van der Waals surface area contributed by atoms with E-state index in [1.54, 1.807) is 0 Å². The van der Waals surface area contributed by atoms with Crippen LogP contribution in [0.4, 0.5) is 0 Å². The number of hydrogen-bond acceptors (Lipinski definition) is 0. The highest BCUT2D eigenvalue weighted by Gasteiger charge is 2.43. The van der Waals surface area contributed by atoms with Crippen molar-refractivity contribution in [2.75, 3.05) is 0 Å². The number of fused-ring (bicyclic) bond motifs is 6. The van der Waals surface area contributed by atoms with Crippen LogP contribution < -0.4 is 0 Å². The first-order valence-corrected chi connectivity index (χ1v) is 7.97. The Kier molecular flexibility index (Phi) is 2.91. The molecule has 2 aliphatic carbocycles. The van der Waals surface area contributed by atoms with E-state index >= 15 is 0 Å². The van der Waals surface area contributed by atoms with E-state index in [2.05, 4.69) is 91.7 Å². The van der Waals surface area contributed by atoms with Gasteiger partial charge < -0.3 is 0 Å². The molecule has 5 radical (unpaired) electrons. The van der Waals surface area contributed by atoms with E-state index in [4.69, 9.17) is 0 Å². The van der Waals surface area contributed by atoms with Crippen LogP contribution in [0.2, 0.25) is 0 Å². The molecule has 2 aliphatic rings. The molecule has 0 atom stereocenters. The van der Waals surface area contributed by atoms with Crippen LogP contribution in [0.25, 0.3) is 11.1 Å². The molecule has 0 nitrogen and oxygen atoms in total. The monoisotopic (exact) mass is 291 g/mol. The lowest BCUT2D eigenvalue weighted by Gasteiger charge is -2.29. The molecule has 1 fully saturated rings. The SMILES string of the molecule is [CH]1[C](c2ccccc2)[CH][C]2[C]1c1ccccc1-c1ccccc12. The average Bonchev–Trinajstić information content (AvgIpc) is 3.09. The van der Waals surface area contributed by atoms with Crippen molar-refractivity contribution in [1.29, 1.82) is 0 Å². The van der Waals surface area contributed by atoms with E-state index in [1.807, 2.05) is 0 Å². The molecule has 0 spiro atoms. The predicted octanol–water partition coefficient (Wildman–Crippen LogP) is 5.26. The fourth-order valence-electron chi connectivity index (χ4n) is 3.66. The van der Waals surface area contributed by atoms with E-state index in [9.17, 15) is 0 Å². The number of rotatable bonds is 1. The first-order chi connectivity index (χ1) is 11.4. The molecule has 5 rings (SSSR count). The molecule has 0 saturated heterocycles. The van der Waals surface area contributed by atoms with Gasteiger partial charge in [-0.25, -0.2) is 0 Å². The minimum Gasteiger partial charge on any atom is -0.0622 e. The molecule has 3 aromatic carbocycles. The number of hydrogen-bond donors (Lipinski definition) is 0. The van der Waals surface area contributed by atoms with Crippen molar-refractivity contribution in [2.24, 2.45) is 0 Å². The average molecular weight is 291 g/mol. The van der Waals surface area contributed by atoms with Crippen LogP contribution in [0, 0.1) is 30.6 Å². The summed E-state index contributed by atoms with van der Waals surface area (Å²) in [5, 5.41) is 0. The maximum absolute atomic E-state index is 2.33. The standard InChI is InChI=1S/C23H15/c1-2-8-16(9-3-1)17-14-22-20-12-6-4-10-18(20)19-11-5-7-13-21(19)23(22)15-17/h1-15H. The van der Waals surface area contributed by atoms with Crippen LogP contribution in [0.5, 0.6) is 0 Å². The van der Waals surface area contributed by atoms with E-state index < -0.39 is 0 Å². The summed E-state index contributed by atoms with van der Waals surface area (Å²) in [5.41, 5.74) is 6.62.